The van der Waals surface area contributed by atoms with Crippen molar-refractivity contribution in [2.24, 2.45) is 5.73 Å². The maximum atomic E-state index is 13.0. The second-order valence-corrected chi connectivity index (χ2v) is 7.60. The van der Waals surface area contributed by atoms with Crippen molar-refractivity contribution in [3.05, 3.63) is 53.6 Å². The van der Waals surface area contributed by atoms with Crippen LogP contribution in [-0.2, 0) is 25.5 Å². The lowest BCUT2D eigenvalue weighted by Gasteiger charge is -2.34. The predicted octanol–water partition coefficient (Wildman–Crippen LogP) is 0.587. The number of aliphatic hydroxyl groups is 1. The molecule has 2 aliphatic rings. The highest BCUT2D eigenvalue weighted by Crippen LogP contribution is 2.29. The quantitative estimate of drug-likeness (QED) is 0.340. The molecule has 32 heavy (non-hydrogen) atoms. The van der Waals surface area contributed by atoms with Gasteiger partial charge in [-0.25, -0.2) is 0 Å². The van der Waals surface area contributed by atoms with E-state index < -0.39 is 24.0 Å². The van der Waals surface area contributed by atoms with E-state index >= 15 is 0 Å². The van der Waals surface area contributed by atoms with Crippen molar-refractivity contribution in [2.75, 3.05) is 28.7 Å². The number of amides is 3. The summed E-state index contributed by atoms with van der Waals surface area (Å²) in [6.45, 7) is 0.434. The molecular weight excluding hydrogens is 414 g/mol. The molecule has 0 aliphatic carbocycles. The first-order chi connectivity index (χ1) is 15.3. The summed E-state index contributed by atoms with van der Waals surface area (Å²) < 4.78 is 5.44. The molecule has 2 atom stereocenters. The number of aliphatic hydroxyl groups excluding tert-OH is 1. The Morgan fingerprint density at radius 1 is 1.22 bits per heavy atom. The highest BCUT2D eigenvalue weighted by atomic mass is 16.5. The highest BCUT2D eigenvalue weighted by Gasteiger charge is 2.39. The molecule has 2 heterocycles. The van der Waals surface area contributed by atoms with E-state index in [0.29, 0.717) is 29.8 Å². The molecule has 10 heteroatoms. The molecule has 0 radical (unpaired) electrons. The Morgan fingerprint density at radius 3 is 2.69 bits per heavy atom. The number of morpholine rings is 1. The van der Waals surface area contributed by atoms with Crippen molar-refractivity contribution < 1.29 is 24.2 Å². The molecule has 0 bridgehead atoms. The highest BCUT2D eigenvalue weighted by molar-refractivity contribution is 6.04. The van der Waals surface area contributed by atoms with Crippen molar-refractivity contribution >= 4 is 40.6 Å². The summed E-state index contributed by atoms with van der Waals surface area (Å²) in [5.74, 6) is -1.45. The zero-order valence-corrected chi connectivity index (χ0v) is 17.1. The number of carbonyl (C=O) groups excluding carboxylic acids is 3. The van der Waals surface area contributed by atoms with Crippen LogP contribution in [0.4, 0.5) is 17.1 Å². The van der Waals surface area contributed by atoms with Gasteiger partial charge in [-0.2, -0.15) is 0 Å². The molecule has 4 rings (SSSR count). The van der Waals surface area contributed by atoms with E-state index in [2.05, 4.69) is 10.6 Å². The van der Waals surface area contributed by atoms with E-state index in [0.717, 1.165) is 11.3 Å². The van der Waals surface area contributed by atoms with E-state index in [4.69, 9.17) is 15.9 Å². The minimum absolute atomic E-state index is 0.0437. The van der Waals surface area contributed by atoms with Crippen LogP contribution in [0.2, 0.25) is 0 Å². The molecule has 166 valence electrons. The summed E-state index contributed by atoms with van der Waals surface area (Å²) in [7, 11) is 0. The first-order valence-corrected chi connectivity index (χ1v) is 10.1. The lowest BCUT2D eigenvalue weighted by molar-refractivity contribution is -0.150. The molecular formula is C22H23N5O5. The smallest absolute Gasteiger partial charge is 0.259 e. The Labute approximate surface area is 183 Å². The minimum Gasteiger partial charge on any atom is -0.384 e. The van der Waals surface area contributed by atoms with Gasteiger partial charge in [-0.3, -0.25) is 19.8 Å². The van der Waals surface area contributed by atoms with Crippen LogP contribution in [0.5, 0.6) is 0 Å². The van der Waals surface area contributed by atoms with Crippen LogP contribution >= 0.6 is 0 Å². The summed E-state index contributed by atoms with van der Waals surface area (Å²) in [6.07, 6.45) is -2.11. The van der Waals surface area contributed by atoms with Crippen LogP contribution in [0.1, 0.15) is 17.5 Å². The fourth-order valence-electron chi connectivity index (χ4n) is 3.71. The van der Waals surface area contributed by atoms with E-state index in [1.807, 2.05) is 6.07 Å². The number of rotatable bonds is 5. The summed E-state index contributed by atoms with van der Waals surface area (Å²) in [5.41, 5.74) is 8.55. The van der Waals surface area contributed by atoms with Gasteiger partial charge in [0, 0.05) is 35.6 Å². The molecule has 2 aliphatic heterocycles. The minimum atomic E-state index is -1.71. The standard InChI is InChI=1S/C22H23N5O5/c23-20(24)12-1-4-14(5-2-12)25-21(30)18(29)19-22(31)27(9-10-32-19)15-6-7-16-13(11-15)3-8-17(28)26-16/h1-2,4-7,11,18-19,29H,3,8-10H2,(H3,23,24)(H,25,30)(H,26,28)/t18?,19-/m1/s1. The van der Waals surface area contributed by atoms with E-state index in [1.165, 1.54) is 4.90 Å². The summed E-state index contributed by atoms with van der Waals surface area (Å²) in [5, 5.41) is 23.2. The third-order valence-electron chi connectivity index (χ3n) is 5.44. The first kappa shape index (κ1) is 21.5. The van der Waals surface area contributed by atoms with Crippen LogP contribution in [0.3, 0.4) is 0 Å². The monoisotopic (exact) mass is 437 g/mol. The second-order valence-electron chi connectivity index (χ2n) is 7.60. The lowest BCUT2D eigenvalue weighted by atomic mass is 10.0. The number of carbonyl (C=O) groups is 3. The van der Waals surface area contributed by atoms with Crippen LogP contribution < -0.4 is 21.3 Å². The first-order valence-electron chi connectivity index (χ1n) is 10.1. The summed E-state index contributed by atoms with van der Waals surface area (Å²) in [4.78, 5) is 38.6. The number of nitrogen functional groups attached to an aromatic ring is 1. The number of fused-ring (bicyclic) bond motifs is 1. The summed E-state index contributed by atoms with van der Waals surface area (Å²) >= 11 is 0. The maximum Gasteiger partial charge on any atom is 0.259 e. The van der Waals surface area contributed by atoms with Crippen LogP contribution in [0.15, 0.2) is 42.5 Å². The van der Waals surface area contributed by atoms with Gasteiger partial charge in [-0.15, -0.1) is 0 Å². The second kappa shape index (κ2) is 8.77. The molecule has 0 spiro atoms. The maximum absolute atomic E-state index is 13.0. The SMILES string of the molecule is N=C(N)c1ccc(NC(=O)C(O)[C@H]2OCCN(c3ccc4c(c3)CCC(=O)N4)C2=O)cc1. The Hall–Kier alpha value is -3.76. The van der Waals surface area contributed by atoms with Crippen LogP contribution in [0, 0.1) is 5.41 Å². The van der Waals surface area contributed by atoms with Gasteiger partial charge in [-0.05, 0) is 54.4 Å². The largest absolute Gasteiger partial charge is 0.384 e. The molecule has 0 aromatic heterocycles. The molecule has 2 aromatic carbocycles. The Morgan fingerprint density at radius 2 is 1.97 bits per heavy atom. The third kappa shape index (κ3) is 4.32. The Balaban J connectivity index is 1.46. The number of hydrogen-bond donors (Lipinski definition) is 5. The molecule has 0 saturated carbocycles. The van der Waals surface area contributed by atoms with Gasteiger partial charge < -0.3 is 31.1 Å². The number of benzene rings is 2. The van der Waals surface area contributed by atoms with E-state index in [9.17, 15) is 19.5 Å². The number of nitrogens with two attached hydrogens (primary N) is 1. The molecule has 6 N–H and O–H groups in total. The number of amidine groups is 1. The van der Waals surface area contributed by atoms with Gasteiger partial charge in [0.25, 0.3) is 11.8 Å². The molecule has 1 unspecified atom stereocenters. The normalized spacial score (nSPS) is 19.0. The van der Waals surface area contributed by atoms with Crippen molar-refractivity contribution in [3.63, 3.8) is 0 Å². The van der Waals surface area contributed by atoms with Crippen molar-refractivity contribution in [1.82, 2.24) is 0 Å². The molecule has 1 fully saturated rings. The molecule has 1 saturated heterocycles. The number of nitrogens with zero attached hydrogens (tertiary/aromatic N) is 1. The van der Waals surface area contributed by atoms with Gasteiger partial charge >= 0.3 is 0 Å². The van der Waals surface area contributed by atoms with Crippen molar-refractivity contribution in [1.29, 1.82) is 5.41 Å². The number of nitrogens with one attached hydrogen (secondary N) is 3. The zero-order valence-electron chi connectivity index (χ0n) is 17.1. The van der Waals surface area contributed by atoms with Gasteiger partial charge in [0.15, 0.2) is 12.2 Å². The fraction of sp³-hybridized carbons (Fsp3) is 0.273. The molecule has 3 amide bonds. The Kier molecular flexibility index (Phi) is 5.89. The number of anilines is 3. The summed E-state index contributed by atoms with van der Waals surface area (Å²) in [6, 6.07) is 11.5. The van der Waals surface area contributed by atoms with Gasteiger partial charge in [0.05, 0.1) is 6.61 Å². The van der Waals surface area contributed by atoms with Crippen molar-refractivity contribution in [2.45, 2.75) is 25.0 Å². The average Bonchev–Trinajstić information content (AvgIpc) is 2.79. The van der Waals surface area contributed by atoms with Crippen LogP contribution in [-0.4, -0.2) is 54.0 Å². The van der Waals surface area contributed by atoms with Crippen molar-refractivity contribution in [3.8, 4) is 0 Å². The zero-order chi connectivity index (χ0) is 22.8. The Bertz CT molecular complexity index is 1080. The molecule has 10 nitrogen and oxygen atoms in total. The number of hydrogen-bond acceptors (Lipinski definition) is 6. The fourth-order valence-corrected chi connectivity index (χ4v) is 3.71. The van der Waals surface area contributed by atoms with Gasteiger partial charge in [-0.1, -0.05) is 0 Å². The topological polar surface area (TPSA) is 158 Å². The number of ether oxygens (including phenoxy) is 1. The third-order valence-corrected chi connectivity index (χ3v) is 5.44. The van der Waals surface area contributed by atoms with Gasteiger partial charge in [0.2, 0.25) is 5.91 Å². The lowest BCUT2D eigenvalue weighted by Crippen LogP contribution is -2.55. The average molecular weight is 437 g/mol. The van der Waals surface area contributed by atoms with Gasteiger partial charge in [0.1, 0.15) is 5.84 Å². The van der Waals surface area contributed by atoms with E-state index in [1.54, 1.807) is 36.4 Å². The molecule has 2 aromatic rings. The predicted molar refractivity (Wildman–Crippen MR) is 118 cm³/mol. The van der Waals surface area contributed by atoms with E-state index in [-0.39, 0.29) is 24.9 Å². The number of aryl methyl sites for hydroxylation is 1. The van der Waals surface area contributed by atoms with Crippen LogP contribution in [0.25, 0.3) is 0 Å².